The first-order valence-corrected chi connectivity index (χ1v) is 9.04. The summed E-state index contributed by atoms with van der Waals surface area (Å²) in [5.74, 6) is 1.60. The average Bonchev–Trinajstić information content (AvgIpc) is 3.11. The van der Waals surface area contributed by atoms with E-state index in [-0.39, 0.29) is 24.4 Å². The van der Waals surface area contributed by atoms with Crippen LogP contribution in [0.3, 0.4) is 0 Å². The lowest BCUT2D eigenvalue weighted by Gasteiger charge is -2.22. The van der Waals surface area contributed by atoms with Gasteiger partial charge in [-0.3, -0.25) is 4.79 Å². The number of hydrogen-bond donors (Lipinski definition) is 2. The Hall–Kier alpha value is -2.74. The predicted octanol–water partition coefficient (Wildman–Crippen LogP) is 1.37. The van der Waals surface area contributed by atoms with E-state index in [9.17, 15) is 9.90 Å². The molecule has 3 heterocycles. The van der Waals surface area contributed by atoms with E-state index in [0.717, 1.165) is 42.4 Å². The maximum absolute atomic E-state index is 12.3. The molecule has 8 nitrogen and oxygen atoms in total. The molecule has 2 aromatic heterocycles. The number of aromatic nitrogens is 3. The third-order valence-electron chi connectivity index (χ3n) is 4.77. The Morgan fingerprint density at radius 1 is 1.30 bits per heavy atom. The van der Waals surface area contributed by atoms with Crippen molar-refractivity contribution in [2.75, 3.05) is 37.4 Å². The number of aliphatic hydroxyl groups excluding tert-OH is 1. The molecule has 1 aliphatic rings. The molecule has 1 aliphatic heterocycles. The minimum absolute atomic E-state index is 0.0750. The number of carbonyl (C=O) groups is 1. The van der Waals surface area contributed by atoms with E-state index in [2.05, 4.69) is 25.2 Å². The molecule has 0 spiro atoms. The van der Waals surface area contributed by atoms with Crippen molar-refractivity contribution in [3.63, 3.8) is 0 Å². The number of nitrogens with zero attached hydrogens (tertiary/aromatic N) is 5. The van der Waals surface area contributed by atoms with Crippen LogP contribution in [0.4, 0.5) is 11.6 Å². The Balaban J connectivity index is 1.77. The van der Waals surface area contributed by atoms with Crippen molar-refractivity contribution in [3.8, 4) is 0 Å². The molecule has 27 heavy (non-hydrogen) atoms. The van der Waals surface area contributed by atoms with Gasteiger partial charge in [-0.25, -0.2) is 15.0 Å². The summed E-state index contributed by atoms with van der Waals surface area (Å²) < 4.78 is 0. The van der Waals surface area contributed by atoms with Gasteiger partial charge >= 0.3 is 0 Å². The zero-order valence-electron chi connectivity index (χ0n) is 16.2. The first-order valence-electron chi connectivity index (χ1n) is 9.04. The molecule has 2 aromatic rings. The SMILES string of the molecule is Cc1nc(C(=O)N(C)C)nc(N2CC[C@@H](Nc3cccc(CO)n3)C2)c1C. The number of aliphatic hydroxyl groups is 1. The van der Waals surface area contributed by atoms with Gasteiger partial charge < -0.3 is 20.2 Å². The molecule has 1 atom stereocenters. The van der Waals surface area contributed by atoms with Gasteiger partial charge in [-0.2, -0.15) is 0 Å². The van der Waals surface area contributed by atoms with E-state index in [1.807, 2.05) is 26.0 Å². The molecule has 1 saturated heterocycles. The Kier molecular flexibility index (Phi) is 5.55. The highest BCUT2D eigenvalue weighted by Gasteiger charge is 2.27. The second-order valence-electron chi connectivity index (χ2n) is 7.03. The number of aryl methyl sites for hydroxylation is 1. The highest BCUT2D eigenvalue weighted by atomic mass is 16.3. The zero-order valence-corrected chi connectivity index (χ0v) is 16.2. The lowest BCUT2D eigenvalue weighted by atomic mass is 10.2. The summed E-state index contributed by atoms with van der Waals surface area (Å²) in [5.41, 5.74) is 2.45. The van der Waals surface area contributed by atoms with Crippen molar-refractivity contribution in [3.05, 3.63) is 41.0 Å². The standard InChI is InChI=1S/C19H26N6O2/c1-12-13(2)20-17(19(27)24(3)4)23-18(12)25-9-8-14(10-25)21-16-7-5-6-15(11-26)22-16/h5-7,14,26H,8-11H2,1-4H3,(H,21,22)/t14-/m1/s1. The Morgan fingerprint density at radius 2 is 2.07 bits per heavy atom. The number of rotatable bonds is 5. The second-order valence-corrected chi connectivity index (χ2v) is 7.03. The van der Waals surface area contributed by atoms with Gasteiger partial charge in [-0.15, -0.1) is 0 Å². The molecule has 3 rings (SSSR count). The van der Waals surface area contributed by atoms with Gasteiger partial charge in [0.1, 0.15) is 11.6 Å². The summed E-state index contributed by atoms with van der Waals surface area (Å²) in [7, 11) is 3.40. The van der Waals surface area contributed by atoms with Gasteiger partial charge in [0, 0.05) is 44.5 Å². The van der Waals surface area contributed by atoms with Gasteiger partial charge in [0.2, 0.25) is 5.82 Å². The van der Waals surface area contributed by atoms with E-state index >= 15 is 0 Å². The molecule has 0 saturated carbocycles. The molecule has 0 aliphatic carbocycles. The van der Waals surface area contributed by atoms with Crippen molar-refractivity contribution in [2.45, 2.75) is 32.9 Å². The van der Waals surface area contributed by atoms with Crippen molar-refractivity contribution in [1.82, 2.24) is 19.9 Å². The van der Waals surface area contributed by atoms with Gasteiger partial charge in [0.05, 0.1) is 12.3 Å². The van der Waals surface area contributed by atoms with Crippen LogP contribution in [0.1, 0.15) is 34.0 Å². The van der Waals surface area contributed by atoms with E-state index in [0.29, 0.717) is 5.69 Å². The van der Waals surface area contributed by atoms with E-state index < -0.39 is 0 Å². The zero-order chi connectivity index (χ0) is 19.6. The van der Waals surface area contributed by atoms with Crippen LogP contribution in [-0.2, 0) is 6.61 Å². The summed E-state index contributed by atoms with van der Waals surface area (Å²) in [6.07, 6.45) is 0.935. The van der Waals surface area contributed by atoms with Crippen LogP contribution in [0.15, 0.2) is 18.2 Å². The molecule has 0 unspecified atom stereocenters. The maximum atomic E-state index is 12.3. The quantitative estimate of drug-likeness (QED) is 0.821. The molecule has 2 N–H and O–H groups in total. The number of hydrogen-bond acceptors (Lipinski definition) is 7. The molecule has 144 valence electrons. The highest BCUT2D eigenvalue weighted by Crippen LogP contribution is 2.25. The second kappa shape index (κ2) is 7.87. The van der Waals surface area contributed by atoms with Crippen LogP contribution < -0.4 is 10.2 Å². The van der Waals surface area contributed by atoms with Gasteiger partial charge in [-0.1, -0.05) is 6.07 Å². The predicted molar refractivity (Wildman–Crippen MR) is 104 cm³/mol. The third kappa shape index (κ3) is 4.16. The monoisotopic (exact) mass is 370 g/mol. The van der Waals surface area contributed by atoms with E-state index in [1.165, 1.54) is 4.90 Å². The molecule has 1 amide bonds. The Bertz CT molecular complexity index is 839. The highest BCUT2D eigenvalue weighted by molar-refractivity contribution is 5.90. The number of nitrogens with one attached hydrogen (secondary N) is 1. The number of amides is 1. The van der Waals surface area contributed by atoms with Crippen molar-refractivity contribution in [1.29, 1.82) is 0 Å². The minimum Gasteiger partial charge on any atom is -0.390 e. The Morgan fingerprint density at radius 3 is 2.78 bits per heavy atom. The lowest BCUT2D eigenvalue weighted by molar-refractivity contribution is 0.0815. The fraction of sp³-hybridized carbons (Fsp3) is 0.474. The normalized spacial score (nSPS) is 16.5. The number of anilines is 2. The molecule has 8 heteroatoms. The van der Waals surface area contributed by atoms with E-state index in [4.69, 9.17) is 0 Å². The van der Waals surface area contributed by atoms with Crippen molar-refractivity contribution < 1.29 is 9.90 Å². The minimum atomic E-state index is -0.196. The smallest absolute Gasteiger partial charge is 0.291 e. The number of pyridine rings is 1. The summed E-state index contributed by atoms with van der Waals surface area (Å²) in [5, 5.41) is 12.7. The molecular formula is C19H26N6O2. The summed E-state index contributed by atoms with van der Waals surface area (Å²) in [6.45, 7) is 5.42. The summed E-state index contributed by atoms with van der Waals surface area (Å²) in [6, 6.07) is 5.79. The van der Waals surface area contributed by atoms with Gasteiger partial charge in [0.25, 0.3) is 5.91 Å². The first kappa shape index (κ1) is 19.0. The average molecular weight is 370 g/mol. The fourth-order valence-electron chi connectivity index (χ4n) is 3.14. The first-order chi connectivity index (χ1) is 12.9. The van der Waals surface area contributed by atoms with Crippen molar-refractivity contribution >= 4 is 17.5 Å². The molecule has 0 bridgehead atoms. The lowest BCUT2D eigenvalue weighted by Crippen LogP contribution is -2.30. The summed E-state index contributed by atoms with van der Waals surface area (Å²) >= 11 is 0. The van der Waals surface area contributed by atoms with Crippen LogP contribution in [0.25, 0.3) is 0 Å². The molecule has 1 fully saturated rings. The third-order valence-corrected chi connectivity index (χ3v) is 4.77. The van der Waals surface area contributed by atoms with E-state index in [1.54, 1.807) is 20.2 Å². The van der Waals surface area contributed by atoms with Crippen LogP contribution in [0, 0.1) is 13.8 Å². The van der Waals surface area contributed by atoms with Crippen LogP contribution in [0.5, 0.6) is 0 Å². The van der Waals surface area contributed by atoms with Crippen LogP contribution in [0.2, 0.25) is 0 Å². The van der Waals surface area contributed by atoms with Crippen LogP contribution in [-0.4, -0.2) is 64.1 Å². The Labute approximate surface area is 159 Å². The largest absolute Gasteiger partial charge is 0.390 e. The molecule has 0 aromatic carbocycles. The summed E-state index contributed by atoms with van der Waals surface area (Å²) in [4.78, 5) is 29.2. The van der Waals surface area contributed by atoms with Crippen molar-refractivity contribution in [2.24, 2.45) is 0 Å². The number of carbonyl (C=O) groups excluding carboxylic acids is 1. The van der Waals surface area contributed by atoms with Crippen LogP contribution >= 0.6 is 0 Å². The van der Waals surface area contributed by atoms with Gasteiger partial charge in [-0.05, 0) is 32.4 Å². The molecular weight excluding hydrogens is 344 g/mol. The topological polar surface area (TPSA) is 94.5 Å². The molecule has 0 radical (unpaired) electrons. The fourth-order valence-corrected chi connectivity index (χ4v) is 3.14. The van der Waals surface area contributed by atoms with Gasteiger partial charge in [0.15, 0.2) is 0 Å². The maximum Gasteiger partial charge on any atom is 0.291 e.